The minimum absolute atomic E-state index is 0.00864. The number of hydrogen-bond donors (Lipinski definition) is 1. The Morgan fingerprint density at radius 2 is 2.00 bits per heavy atom. The fourth-order valence-electron chi connectivity index (χ4n) is 2.55. The van der Waals surface area contributed by atoms with Crippen molar-refractivity contribution < 1.29 is 19.1 Å². The van der Waals surface area contributed by atoms with Gasteiger partial charge in [-0.25, -0.2) is 0 Å². The molecular formula is C19H26N2O4. The molecule has 1 fully saturated rings. The number of rotatable bonds is 8. The second-order valence-electron chi connectivity index (χ2n) is 6.82. The molecule has 25 heavy (non-hydrogen) atoms. The zero-order valence-electron chi connectivity index (χ0n) is 15.1. The molecule has 1 N–H and O–H groups in total. The van der Waals surface area contributed by atoms with Crippen molar-refractivity contribution in [3.05, 3.63) is 29.8 Å². The number of benzene rings is 1. The van der Waals surface area contributed by atoms with E-state index in [2.05, 4.69) is 10.1 Å². The summed E-state index contributed by atoms with van der Waals surface area (Å²) in [5.41, 5.74) is 1.12. The summed E-state index contributed by atoms with van der Waals surface area (Å²) < 4.78 is 4.66. The quantitative estimate of drug-likeness (QED) is 0.734. The highest BCUT2D eigenvalue weighted by molar-refractivity contribution is 5.98. The number of nitrogens with one attached hydrogen (secondary N) is 1. The summed E-state index contributed by atoms with van der Waals surface area (Å²) in [6, 6.07) is 6.94. The number of nitrogens with zero attached hydrogens (tertiary/aromatic N) is 1. The summed E-state index contributed by atoms with van der Waals surface area (Å²) in [5, 5.41) is 2.85. The van der Waals surface area contributed by atoms with Crippen LogP contribution in [-0.4, -0.2) is 42.9 Å². The smallest absolute Gasteiger partial charge is 0.307 e. The Bertz CT molecular complexity index is 638. The Kier molecular flexibility index (Phi) is 6.56. The van der Waals surface area contributed by atoms with Crippen LogP contribution in [0.2, 0.25) is 0 Å². The van der Waals surface area contributed by atoms with Gasteiger partial charge >= 0.3 is 5.97 Å². The van der Waals surface area contributed by atoms with Crippen LogP contribution in [0, 0.1) is 11.8 Å². The van der Waals surface area contributed by atoms with Crippen molar-refractivity contribution in [2.75, 3.05) is 25.5 Å². The normalized spacial score (nSPS) is 13.4. The Hall–Kier alpha value is -2.37. The van der Waals surface area contributed by atoms with Crippen LogP contribution in [0.4, 0.5) is 5.69 Å². The van der Waals surface area contributed by atoms with Crippen LogP contribution < -0.4 is 5.32 Å². The molecule has 2 rings (SSSR count). The molecule has 0 atom stereocenters. The predicted molar refractivity (Wildman–Crippen MR) is 95.2 cm³/mol. The summed E-state index contributed by atoms with van der Waals surface area (Å²) in [6.07, 6.45) is 2.02. The van der Waals surface area contributed by atoms with Gasteiger partial charge in [-0.05, 0) is 37.0 Å². The molecule has 1 saturated carbocycles. The summed E-state index contributed by atoms with van der Waals surface area (Å²) in [7, 11) is 1.34. The Balaban J connectivity index is 2.07. The molecule has 2 amide bonds. The van der Waals surface area contributed by atoms with Crippen molar-refractivity contribution in [1.29, 1.82) is 0 Å². The molecule has 0 unspecified atom stereocenters. The molecule has 6 nitrogen and oxygen atoms in total. The average Bonchev–Trinajstić information content (AvgIpc) is 3.42. The maximum Gasteiger partial charge on any atom is 0.307 e. The number of carbonyl (C=O) groups is 3. The van der Waals surface area contributed by atoms with E-state index in [1.54, 1.807) is 29.2 Å². The van der Waals surface area contributed by atoms with Crippen molar-refractivity contribution in [2.45, 2.75) is 33.1 Å². The Morgan fingerprint density at radius 1 is 1.28 bits per heavy atom. The van der Waals surface area contributed by atoms with Gasteiger partial charge in [-0.3, -0.25) is 14.4 Å². The van der Waals surface area contributed by atoms with E-state index in [4.69, 9.17) is 0 Å². The third-order valence-corrected chi connectivity index (χ3v) is 4.01. The van der Waals surface area contributed by atoms with Gasteiger partial charge in [0.15, 0.2) is 0 Å². The first-order valence-corrected chi connectivity index (χ1v) is 8.67. The van der Waals surface area contributed by atoms with Gasteiger partial charge in [-0.2, -0.15) is 0 Å². The van der Waals surface area contributed by atoms with Crippen molar-refractivity contribution >= 4 is 23.5 Å². The molecule has 1 aliphatic rings. The topological polar surface area (TPSA) is 75.7 Å². The zero-order chi connectivity index (χ0) is 18.4. The second kappa shape index (κ2) is 8.65. The van der Waals surface area contributed by atoms with Gasteiger partial charge in [0.05, 0.1) is 13.5 Å². The second-order valence-corrected chi connectivity index (χ2v) is 6.82. The van der Waals surface area contributed by atoms with E-state index in [1.165, 1.54) is 7.11 Å². The Morgan fingerprint density at radius 3 is 2.60 bits per heavy atom. The number of amides is 2. The van der Waals surface area contributed by atoms with E-state index in [0.717, 1.165) is 12.8 Å². The number of carbonyl (C=O) groups excluding carboxylic acids is 3. The van der Waals surface area contributed by atoms with E-state index >= 15 is 0 Å². The summed E-state index contributed by atoms with van der Waals surface area (Å²) in [5.74, 6) is -0.0994. The first-order chi connectivity index (χ1) is 11.9. The molecule has 0 heterocycles. The van der Waals surface area contributed by atoms with Gasteiger partial charge in [-0.15, -0.1) is 0 Å². The van der Waals surface area contributed by atoms with Gasteiger partial charge in [0.25, 0.3) is 5.91 Å². The predicted octanol–water partition coefficient (Wildman–Crippen LogP) is 2.70. The highest BCUT2D eigenvalue weighted by Crippen LogP contribution is 2.30. The molecule has 1 aliphatic carbocycles. The summed E-state index contributed by atoms with van der Waals surface area (Å²) in [6.45, 7) is 4.90. The van der Waals surface area contributed by atoms with Crippen LogP contribution in [-0.2, 0) is 14.3 Å². The first-order valence-electron chi connectivity index (χ1n) is 8.67. The highest BCUT2D eigenvalue weighted by atomic mass is 16.5. The molecule has 136 valence electrons. The van der Waals surface area contributed by atoms with Crippen LogP contribution in [0.5, 0.6) is 0 Å². The number of methoxy groups -OCH3 is 1. The lowest BCUT2D eigenvalue weighted by Crippen LogP contribution is -2.36. The molecule has 0 spiro atoms. The van der Waals surface area contributed by atoms with Gasteiger partial charge in [0.1, 0.15) is 0 Å². The monoisotopic (exact) mass is 346 g/mol. The van der Waals surface area contributed by atoms with Crippen molar-refractivity contribution in [3.63, 3.8) is 0 Å². The van der Waals surface area contributed by atoms with E-state index in [9.17, 15) is 14.4 Å². The molecule has 1 aromatic rings. The number of hydrogen-bond acceptors (Lipinski definition) is 4. The van der Waals surface area contributed by atoms with E-state index in [0.29, 0.717) is 24.3 Å². The molecular weight excluding hydrogens is 320 g/mol. The first kappa shape index (κ1) is 19.0. The maximum absolute atomic E-state index is 12.8. The fraction of sp³-hybridized carbons (Fsp3) is 0.526. The highest BCUT2D eigenvalue weighted by Gasteiger charge is 2.29. The van der Waals surface area contributed by atoms with Crippen LogP contribution in [0.3, 0.4) is 0 Å². The third kappa shape index (κ3) is 5.89. The standard InChI is InChI=1S/C19H26N2O4/c1-13(2)12-21(10-9-17(22)25-3)19(24)15-5-4-6-16(11-15)20-18(23)14-7-8-14/h4-6,11,13-14H,7-10,12H2,1-3H3,(H,20,23). The van der Waals surface area contributed by atoms with Crippen molar-refractivity contribution in [1.82, 2.24) is 4.90 Å². The SMILES string of the molecule is COC(=O)CCN(CC(C)C)C(=O)c1cccc(NC(=O)C2CC2)c1. The summed E-state index contributed by atoms with van der Waals surface area (Å²) >= 11 is 0. The van der Waals surface area contributed by atoms with Crippen LogP contribution in [0.1, 0.15) is 43.5 Å². The molecule has 0 bridgehead atoms. The fourth-order valence-corrected chi connectivity index (χ4v) is 2.55. The van der Waals surface area contributed by atoms with E-state index < -0.39 is 0 Å². The minimum Gasteiger partial charge on any atom is -0.469 e. The molecule has 0 radical (unpaired) electrons. The Labute approximate surface area is 148 Å². The maximum atomic E-state index is 12.8. The van der Waals surface area contributed by atoms with Crippen LogP contribution in [0.25, 0.3) is 0 Å². The molecule has 1 aromatic carbocycles. The largest absolute Gasteiger partial charge is 0.469 e. The molecule has 0 aliphatic heterocycles. The lowest BCUT2D eigenvalue weighted by Gasteiger charge is -2.24. The number of anilines is 1. The molecule has 6 heteroatoms. The van der Waals surface area contributed by atoms with Gasteiger partial charge < -0.3 is 15.0 Å². The van der Waals surface area contributed by atoms with Crippen molar-refractivity contribution in [2.24, 2.45) is 11.8 Å². The molecule has 0 saturated heterocycles. The molecule has 0 aromatic heterocycles. The van der Waals surface area contributed by atoms with Gasteiger partial charge in [-0.1, -0.05) is 19.9 Å². The average molecular weight is 346 g/mol. The van der Waals surface area contributed by atoms with E-state index in [1.807, 2.05) is 13.8 Å². The van der Waals surface area contributed by atoms with Crippen LogP contribution >= 0.6 is 0 Å². The minimum atomic E-state index is -0.341. The number of esters is 1. The summed E-state index contributed by atoms with van der Waals surface area (Å²) in [4.78, 5) is 37.8. The van der Waals surface area contributed by atoms with E-state index in [-0.39, 0.29) is 36.0 Å². The third-order valence-electron chi connectivity index (χ3n) is 4.01. The van der Waals surface area contributed by atoms with Gasteiger partial charge in [0.2, 0.25) is 5.91 Å². The van der Waals surface area contributed by atoms with Gasteiger partial charge in [0, 0.05) is 30.3 Å². The number of ether oxygens (including phenoxy) is 1. The zero-order valence-corrected chi connectivity index (χ0v) is 15.1. The van der Waals surface area contributed by atoms with Crippen LogP contribution in [0.15, 0.2) is 24.3 Å². The van der Waals surface area contributed by atoms with Crippen molar-refractivity contribution in [3.8, 4) is 0 Å². The lowest BCUT2D eigenvalue weighted by atomic mass is 10.1. The lowest BCUT2D eigenvalue weighted by molar-refractivity contribution is -0.140.